The van der Waals surface area contributed by atoms with Crippen LogP contribution in [-0.4, -0.2) is 25.5 Å². The lowest BCUT2D eigenvalue weighted by Gasteiger charge is -2.08. The fraction of sp³-hybridized carbons (Fsp3) is 0.200. The summed E-state index contributed by atoms with van der Waals surface area (Å²) in [6, 6.07) is 9.67. The average Bonchev–Trinajstić information content (AvgIpc) is 3.21. The van der Waals surface area contributed by atoms with E-state index in [4.69, 9.17) is 4.42 Å². The Morgan fingerprint density at radius 3 is 2.70 bits per heavy atom. The van der Waals surface area contributed by atoms with Gasteiger partial charge in [0.25, 0.3) is 5.89 Å². The first-order valence-corrected chi connectivity index (χ1v) is 8.63. The van der Waals surface area contributed by atoms with E-state index in [0.717, 1.165) is 22.5 Å². The van der Waals surface area contributed by atoms with Crippen molar-refractivity contribution in [3.8, 4) is 11.6 Å². The van der Waals surface area contributed by atoms with E-state index >= 15 is 0 Å². The molecule has 1 N–H and O–H groups in total. The Balaban J connectivity index is 1.47. The molecular formula is C20H19N5O2. The monoisotopic (exact) mass is 361 g/mol. The standard InChI is InChI=1S/C20H19N5O2/c1-12-4-5-13(2)15(8-12)9-18(26)23-16-6-7-17(22-10-16)20-24-25-14(3)21-11-19(25)27-20/h4-8,10-11H,9H2,1-3H3,(H,23,26). The first-order valence-electron chi connectivity index (χ1n) is 8.63. The van der Waals surface area contributed by atoms with Gasteiger partial charge in [-0.15, -0.1) is 5.10 Å². The number of amides is 1. The van der Waals surface area contributed by atoms with Crippen LogP contribution in [0, 0.1) is 20.8 Å². The maximum atomic E-state index is 12.3. The molecule has 1 amide bonds. The van der Waals surface area contributed by atoms with E-state index in [9.17, 15) is 4.79 Å². The molecule has 0 radical (unpaired) electrons. The molecule has 0 aliphatic heterocycles. The van der Waals surface area contributed by atoms with Crippen molar-refractivity contribution in [1.29, 1.82) is 0 Å². The third kappa shape index (κ3) is 3.44. The molecule has 0 saturated heterocycles. The molecule has 4 rings (SSSR count). The summed E-state index contributed by atoms with van der Waals surface area (Å²) < 4.78 is 7.26. The van der Waals surface area contributed by atoms with Gasteiger partial charge in [0.1, 0.15) is 11.5 Å². The predicted molar refractivity (Wildman–Crippen MR) is 101 cm³/mol. The van der Waals surface area contributed by atoms with Crippen LogP contribution in [0.15, 0.2) is 47.1 Å². The van der Waals surface area contributed by atoms with Gasteiger partial charge in [0.15, 0.2) is 0 Å². The van der Waals surface area contributed by atoms with E-state index in [1.54, 1.807) is 29.0 Å². The Hall–Kier alpha value is -3.48. The van der Waals surface area contributed by atoms with Crippen LogP contribution in [0.5, 0.6) is 0 Å². The predicted octanol–water partition coefficient (Wildman–Crippen LogP) is 3.49. The van der Waals surface area contributed by atoms with Gasteiger partial charge in [0.05, 0.1) is 24.5 Å². The number of imidazole rings is 1. The number of anilines is 1. The summed E-state index contributed by atoms with van der Waals surface area (Å²) in [5.74, 6) is 1.07. The first kappa shape index (κ1) is 17.0. The van der Waals surface area contributed by atoms with Crippen molar-refractivity contribution >= 4 is 17.3 Å². The smallest absolute Gasteiger partial charge is 0.264 e. The van der Waals surface area contributed by atoms with Crippen molar-refractivity contribution in [3.05, 3.63) is 65.2 Å². The molecule has 3 heterocycles. The molecule has 0 atom stereocenters. The Bertz CT molecular complexity index is 1130. The summed E-state index contributed by atoms with van der Waals surface area (Å²) in [7, 11) is 0. The molecule has 0 fully saturated rings. The van der Waals surface area contributed by atoms with Crippen LogP contribution in [0.4, 0.5) is 5.69 Å². The Morgan fingerprint density at radius 1 is 1.11 bits per heavy atom. The van der Waals surface area contributed by atoms with Gasteiger partial charge in [0, 0.05) is 0 Å². The second-order valence-electron chi connectivity index (χ2n) is 6.55. The summed E-state index contributed by atoms with van der Waals surface area (Å²) in [4.78, 5) is 20.8. The van der Waals surface area contributed by atoms with Gasteiger partial charge in [-0.05, 0) is 44.0 Å². The number of carbonyl (C=O) groups is 1. The molecule has 0 aliphatic rings. The number of aromatic nitrogens is 4. The van der Waals surface area contributed by atoms with Gasteiger partial charge in [-0.2, -0.15) is 4.52 Å². The summed E-state index contributed by atoms with van der Waals surface area (Å²) in [5.41, 5.74) is 5.06. The zero-order chi connectivity index (χ0) is 19.0. The van der Waals surface area contributed by atoms with Crippen molar-refractivity contribution in [2.24, 2.45) is 0 Å². The maximum absolute atomic E-state index is 12.3. The number of rotatable bonds is 4. The molecule has 136 valence electrons. The number of carbonyl (C=O) groups excluding carboxylic acids is 1. The van der Waals surface area contributed by atoms with E-state index in [0.29, 0.717) is 29.4 Å². The quantitative estimate of drug-likeness (QED) is 0.601. The Kier molecular flexibility index (Phi) is 4.19. The van der Waals surface area contributed by atoms with Crippen LogP contribution in [0.3, 0.4) is 0 Å². The Labute approximate surface area is 156 Å². The number of aryl methyl sites for hydroxylation is 3. The lowest BCUT2D eigenvalue weighted by Crippen LogP contribution is -2.15. The largest absolute Gasteiger partial charge is 0.415 e. The number of nitrogens with zero attached hydrogens (tertiary/aromatic N) is 4. The minimum Gasteiger partial charge on any atom is -0.415 e. The van der Waals surface area contributed by atoms with Gasteiger partial charge in [-0.1, -0.05) is 23.8 Å². The van der Waals surface area contributed by atoms with Gasteiger partial charge < -0.3 is 9.73 Å². The molecule has 0 spiro atoms. The number of fused-ring (bicyclic) bond motifs is 1. The normalized spacial score (nSPS) is 11.1. The van der Waals surface area contributed by atoms with E-state index in [2.05, 4.69) is 20.4 Å². The SMILES string of the molecule is Cc1ccc(C)c(CC(=O)Nc2ccc(-c3nn4c(C)ncc4o3)nc2)c1. The van der Waals surface area contributed by atoms with Crippen LogP contribution in [-0.2, 0) is 11.2 Å². The van der Waals surface area contributed by atoms with E-state index in [1.807, 2.05) is 39.0 Å². The third-order valence-corrected chi connectivity index (χ3v) is 4.39. The minimum absolute atomic E-state index is 0.0784. The van der Waals surface area contributed by atoms with Crippen molar-refractivity contribution in [1.82, 2.24) is 19.6 Å². The van der Waals surface area contributed by atoms with Crippen LogP contribution >= 0.6 is 0 Å². The minimum atomic E-state index is -0.0784. The molecule has 0 unspecified atom stereocenters. The first-order chi connectivity index (χ1) is 13.0. The highest BCUT2D eigenvalue weighted by atomic mass is 16.4. The molecule has 7 heteroatoms. The summed E-state index contributed by atoms with van der Waals surface area (Å²) >= 11 is 0. The number of nitrogens with one attached hydrogen (secondary N) is 1. The average molecular weight is 361 g/mol. The van der Waals surface area contributed by atoms with Crippen LogP contribution in [0.1, 0.15) is 22.5 Å². The molecule has 1 aromatic carbocycles. The lowest BCUT2D eigenvalue weighted by atomic mass is 10.0. The highest BCUT2D eigenvalue weighted by Gasteiger charge is 2.12. The zero-order valence-corrected chi connectivity index (χ0v) is 15.4. The number of pyridine rings is 1. The molecular weight excluding hydrogens is 342 g/mol. The second kappa shape index (κ2) is 6.68. The highest BCUT2D eigenvalue weighted by molar-refractivity contribution is 5.92. The van der Waals surface area contributed by atoms with E-state index < -0.39 is 0 Å². The molecule has 0 aliphatic carbocycles. The van der Waals surface area contributed by atoms with E-state index in [1.165, 1.54) is 0 Å². The fourth-order valence-corrected chi connectivity index (χ4v) is 2.89. The molecule has 4 aromatic rings. The van der Waals surface area contributed by atoms with Crippen molar-refractivity contribution in [2.45, 2.75) is 27.2 Å². The van der Waals surface area contributed by atoms with Gasteiger partial charge in [-0.3, -0.25) is 4.79 Å². The molecule has 27 heavy (non-hydrogen) atoms. The molecule has 7 nitrogen and oxygen atoms in total. The molecule has 0 bridgehead atoms. The van der Waals surface area contributed by atoms with Crippen molar-refractivity contribution in [3.63, 3.8) is 0 Å². The lowest BCUT2D eigenvalue weighted by molar-refractivity contribution is -0.115. The van der Waals surface area contributed by atoms with Gasteiger partial charge in [-0.25, -0.2) is 9.97 Å². The highest BCUT2D eigenvalue weighted by Crippen LogP contribution is 2.20. The number of benzene rings is 1. The second-order valence-corrected chi connectivity index (χ2v) is 6.55. The van der Waals surface area contributed by atoms with Crippen LogP contribution in [0.25, 0.3) is 17.3 Å². The summed E-state index contributed by atoms with van der Waals surface area (Å²) in [6.07, 6.45) is 3.54. The fourth-order valence-electron chi connectivity index (χ4n) is 2.89. The third-order valence-electron chi connectivity index (χ3n) is 4.39. The number of hydrogen-bond acceptors (Lipinski definition) is 5. The molecule has 0 saturated carbocycles. The summed E-state index contributed by atoms with van der Waals surface area (Å²) in [6.45, 7) is 5.88. The van der Waals surface area contributed by atoms with Crippen molar-refractivity contribution < 1.29 is 9.21 Å². The van der Waals surface area contributed by atoms with Gasteiger partial charge in [0.2, 0.25) is 11.6 Å². The Morgan fingerprint density at radius 2 is 1.96 bits per heavy atom. The molecule has 3 aromatic heterocycles. The van der Waals surface area contributed by atoms with Crippen LogP contribution in [0.2, 0.25) is 0 Å². The topological polar surface area (TPSA) is 85.3 Å². The van der Waals surface area contributed by atoms with Crippen LogP contribution < -0.4 is 5.32 Å². The van der Waals surface area contributed by atoms with E-state index in [-0.39, 0.29) is 5.91 Å². The maximum Gasteiger partial charge on any atom is 0.264 e. The van der Waals surface area contributed by atoms with Gasteiger partial charge >= 0.3 is 0 Å². The summed E-state index contributed by atoms with van der Waals surface area (Å²) in [5, 5.41) is 7.22. The zero-order valence-electron chi connectivity index (χ0n) is 15.4. The van der Waals surface area contributed by atoms with Crippen molar-refractivity contribution in [2.75, 3.05) is 5.32 Å². The number of hydrogen-bond donors (Lipinski definition) is 1.